The Labute approximate surface area is 330 Å². The summed E-state index contributed by atoms with van der Waals surface area (Å²) in [5.41, 5.74) is 21.9. The average molecular weight is 717 g/mol. The second-order valence-corrected chi connectivity index (χ2v) is 16.9. The molecule has 0 radical (unpaired) electrons. The molecule has 0 aromatic heterocycles. The molecule has 12 rings (SSSR count). The molecule has 5 aromatic carbocycles. The van der Waals surface area contributed by atoms with Crippen LogP contribution in [0.4, 0.5) is 0 Å². The highest BCUT2D eigenvalue weighted by Crippen LogP contribution is 2.52. The minimum atomic E-state index is 0.358. The molecular weight excluding hydrogens is 673 g/mol. The van der Waals surface area contributed by atoms with Gasteiger partial charge in [0.05, 0.1) is 0 Å². The monoisotopic (exact) mass is 716 g/mol. The summed E-state index contributed by atoms with van der Waals surface area (Å²) in [5.74, 6) is 1.25. The van der Waals surface area contributed by atoms with Gasteiger partial charge in [0, 0.05) is 17.8 Å². The Balaban J connectivity index is 0.863. The van der Waals surface area contributed by atoms with Gasteiger partial charge in [0.25, 0.3) is 0 Å². The van der Waals surface area contributed by atoms with Gasteiger partial charge in [0.2, 0.25) is 0 Å². The van der Waals surface area contributed by atoms with Crippen molar-refractivity contribution < 1.29 is 0 Å². The fourth-order valence-corrected chi connectivity index (χ4v) is 11.0. The summed E-state index contributed by atoms with van der Waals surface area (Å²) >= 11 is 0. The van der Waals surface area contributed by atoms with E-state index in [0.717, 1.165) is 32.1 Å². The topological polar surface area (TPSA) is 0 Å². The van der Waals surface area contributed by atoms with E-state index in [1.165, 1.54) is 90.1 Å². The van der Waals surface area contributed by atoms with E-state index in [4.69, 9.17) is 0 Å². The summed E-state index contributed by atoms with van der Waals surface area (Å²) in [6, 6.07) is 34.9. The van der Waals surface area contributed by atoms with Gasteiger partial charge in [-0.2, -0.15) is 0 Å². The van der Waals surface area contributed by atoms with Gasteiger partial charge in [0.1, 0.15) is 0 Å². The molecule has 0 aliphatic heterocycles. The molecule has 0 heteroatoms. The maximum absolute atomic E-state index is 2.60. The number of hydrogen-bond donors (Lipinski definition) is 0. The number of benzene rings is 5. The van der Waals surface area contributed by atoms with Crippen molar-refractivity contribution in [2.75, 3.05) is 0 Å². The minimum Gasteiger partial charge on any atom is -0.0836 e. The summed E-state index contributed by atoms with van der Waals surface area (Å²) < 4.78 is 0. The molecule has 3 atom stereocenters. The van der Waals surface area contributed by atoms with Crippen molar-refractivity contribution in [1.29, 1.82) is 0 Å². The van der Waals surface area contributed by atoms with Crippen molar-refractivity contribution in [1.82, 2.24) is 0 Å². The molecule has 3 unspecified atom stereocenters. The smallest absolute Gasteiger partial charge is 0.0131 e. The van der Waals surface area contributed by atoms with E-state index in [1.54, 1.807) is 27.9 Å². The maximum Gasteiger partial charge on any atom is 0.0131 e. The summed E-state index contributed by atoms with van der Waals surface area (Å²) in [4.78, 5) is 0. The van der Waals surface area contributed by atoms with Crippen LogP contribution in [-0.2, 0) is 6.42 Å². The molecule has 56 heavy (non-hydrogen) atoms. The molecular formula is C56H44. The zero-order valence-electron chi connectivity index (χ0n) is 31.8. The van der Waals surface area contributed by atoms with Crippen molar-refractivity contribution in [3.63, 3.8) is 0 Å². The molecule has 0 heterocycles. The van der Waals surface area contributed by atoms with Gasteiger partial charge in [-0.05, 0) is 168 Å². The van der Waals surface area contributed by atoms with E-state index in [-0.39, 0.29) is 0 Å². The number of aryl methyl sites for hydroxylation is 1. The van der Waals surface area contributed by atoms with Gasteiger partial charge in [-0.3, -0.25) is 0 Å². The van der Waals surface area contributed by atoms with E-state index < -0.39 is 0 Å². The minimum absolute atomic E-state index is 0.358. The number of fused-ring (bicyclic) bond motifs is 11. The highest BCUT2D eigenvalue weighted by molar-refractivity contribution is 5.99. The molecule has 0 saturated heterocycles. The third kappa shape index (κ3) is 5.19. The van der Waals surface area contributed by atoms with E-state index in [1.807, 2.05) is 0 Å². The standard InChI is InChI=1S/C56H44/c1-3-9-47-35(7-1)16-22-46-31-42(23-26-49(46)47)45-25-28-53-52-27-24-44(33-55(52)50-11-5-6-12-51(50)56(53)34-45)41-21-19-38-29-40(20-18-39(38)30-41)43-17-15-37-14-13-36-8-2-4-10-48(36)54(37)32-43/h1-2,4-8,10-14,16,18-24,26-27,29-30,32-34,46,50-51H,3,9,15,17,25,28,31H2. The van der Waals surface area contributed by atoms with E-state index in [9.17, 15) is 0 Å². The van der Waals surface area contributed by atoms with Gasteiger partial charge in [0.15, 0.2) is 0 Å². The highest BCUT2D eigenvalue weighted by Gasteiger charge is 2.35. The Hall–Kier alpha value is -5.98. The van der Waals surface area contributed by atoms with Crippen LogP contribution in [0.25, 0.3) is 49.9 Å². The first-order valence-corrected chi connectivity index (χ1v) is 20.9. The van der Waals surface area contributed by atoms with E-state index in [0.29, 0.717) is 17.8 Å². The van der Waals surface area contributed by atoms with Crippen LogP contribution in [0.5, 0.6) is 0 Å². The summed E-state index contributed by atoms with van der Waals surface area (Å²) in [6.07, 6.45) is 36.8. The van der Waals surface area contributed by atoms with Crippen LogP contribution in [0.15, 0.2) is 191 Å². The average Bonchev–Trinajstić information content (AvgIpc) is 3.28. The fourth-order valence-electron chi connectivity index (χ4n) is 11.0. The molecule has 7 aliphatic rings. The van der Waals surface area contributed by atoms with Gasteiger partial charge in [-0.15, -0.1) is 0 Å². The third-order valence-corrected chi connectivity index (χ3v) is 13.9. The zero-order chi connectivity index (χ0) is 36.7. The third-order valence-electron chi connectivity index (χ3n) is 13.9. The second kappa shape index (κ2) is 12.8. The first-order valence-electron chi connectivity index (χ1n) is 20.9. The molecule has 0 saturated carbocycles. The van der Waals surface area contributed by atoms with Crippen molar-refractivity contribution in [2.45, 2.75) is 50.9 Å². The lowest BCUT2D eigenvalue weighted by atomic mass is 9.66. The van der Waals surface area contributed by atoms with Crippen LogP contribution in [0.1, 0.15) is 72.3 Å². The van der Waals surface area contributed by atoms with Crippen molar-refractivity contribution in [3.05, 3.63) is 219 Å². The largest absolute Gasteiger partial charge is 0.0836 e. The Morgan fingerprint density at radius 3 is 2.29 bits per heavy atom. The van der Waals surface area contributed by atoms with Crippen LogP contribution < -0.4 is 0 Å². The Bertz CT molecular complexity index is 2880. The predicted molar refractivity (Wildman–Crippen MR) is 237 cm³/mol. The van der Waals surface area contributed by atoms with Gasteiger partial charge >= 0.3 is 0 Å². The Morgan fingerprint density at radius 2 is 1.34 bits per heavy atom. The molecule has 0 fully saturated rings. The maximum atomic E-state index is 2.60. The summed E-state index contributed by atoms with van der Waals surface area (Å²) in [7, 11) is 0. The second-order valence-electron chi connectivity index (χ2n) is 16.9. The van der Waals surface area contributed by atoms with Crippen molar-refractivity contribution >= 4 is 38.8 Å². The summed E-state index contributed by atoms with van der Waals surface area (Å²) in [5, 5.41) is 5.29. The molecule has 0 nitrogen and oxygen atoms in total. The number of hydrogen-bond acceptors (Lipinski definition) is 0. The number of rotatable bonds is 3. The quantitative estimate of drug-likeness (QED) is 0.174. The molecule has 0 spiro atoms. The van der Waals surface area contributed by atoms with E-state index >= 15 is 0 Å². The van der Waals surface area contributed by atoms with Crippen molar-refractivity contribution in [2.24, 2.45) is 11.8 Å². The molecule has 0 bridgehead atoms. The highest BCUT2D eigenvalue weighted by atomic mass is 14.4. The van der Waals surface area contributed by atoms with Crippen LogP contribution in [0.3, 0.4) is 0 Å². The lowest BCUT2D eigenvalue weighted by molar-refractivity contribution is 0.650. The first-order chi connectivity index (χ1) is 27.7. The molecule has 7 aliphatic carbocycles. The molecule has 0 amide bonds. The van der Waals surface area contributed by atoms with Crippen LogP contribution >= 0.6 is 0 Å². The fraction of sp³-hybridized carbons (Fsp3) is 0.179. The van der Waals surface area contributed by atoms with Crippen LogP contribution in [0, 0.1) is 11.8 Å². The Kier molecular flexibility index (Phi) is 7.37. The van der Waals surface area contributed by atoms with Crippen molar-refractivity contribution in [3.8, 4) is 11.1 Å². The normalized spacial score (nSPS) is 23.0. The first kappa shape index (κ1) is 32.3. The zero-order valence-corrected chi connectivity index (χ0v) is 31.8. The van der Waals surface area contributed by atoms with Gasteiger partial charge in [-0.25, -0.2) is 0 Å². The van der Waals surface area contributed by atoms with Gasteiger partial charge in [-0.1, -0.05) is 146 Å². The SMILES string of the molecule is C1=CC2C3=C(CCC(C4=CC=C5C6=C(C=CCC6)C=CC5C4)=C3)c3ccc(-c4ccc5cc(C6=Cc7c(ccc8ccccc78)CC6)ccc5c4)cc3C2C=C1. The Morgan fingerprint density at radius 1 is 0.536 bits per heavy atom. The van der Waals surface area contributed by atoms with Crippen LogP contribution in [0.2, 0.25) is 0 Å². The summed E-state index contributed by atoms with van der Waals surface area (Å²) in [6.45, 7) is 0. The van der Waals surface area contributed by atoms with Crippen LogP contribution in [-0.4, -0.2) is 0 Å². The lowest BCUT2D eigenvalue weighted by Crippen LogP contribution is -2.22. The molecule has 5 aromatic rings. The lowest BCUT2D eigenvalue weighted by Gasteiger charge is -2.38. The number of allylic oxidation sites excluding steroid dienone is 19. The molecule has 0 N–H and O–H groups in total. The predicted octanol–water partition coefficient (Wildman–Crippen LogP) is 14.5. The molecule has 268 valence electrons. The van der Waals surface area contributed by atoms with Gasteiger partial charge < -0.3 is 0 Å². The van der Waals surface area contributed by atoms with E-state index in [2.05, 4.69) is 164 Å².